The van der Waals surface area contributed by atoms with E-state index in [9.17, 15) is 4.79 Å². The molecule has 0 bridgehead atoms. The van der Waals surface area contributed by atoms with Gasteiger partial charge in [-0.15, -0.1) is 0 Å². The predicted molar refractivity (Wildman–Crippen MR) is 108 cm³/mol. The normalized spacial score (nSPS) is 10.9. The van der Waals surface area contributed by atoms with Gasteiger partial charge in [-0.3, -0.25) is 0 Å². The number of rotatable bonds is 6. The van der Waals surface area contributed by atoms with Crippen LogP contribution < -0.4 is 15.7 Å². The largest absolute Gasteiger partial charge is 0.487 e. The molecule has 0 aliphatic rings. The van der Waals surface area contributed by atoms with E-state index >= 15 is 0 Å². The summed E-state index contributed by atoms with van der Waals surface area (Å²) in [6, 6.07) is 21.4. The highest BCUT2D eigenvalue weighted by atomic mass is 35.5. The van der Waals surface area contributed by atoms with Gasteiger partial charge in [0.1, 0.15) is 12.4 Å². The Hall–Kier alpha value is -3.18. The summed E-state index contributed by atoms with van der Waals surface area (Å²) in [6.07, 6.45) is 0. The molecule has 136 valence electrons. The monoisotopic (exact) mass is 379 g/mol. The summed E-state index contributed by atoms with van der Waals surface area (Å²) < 4.78 is 5.80. The van der Waals surface area contributed by atoms with Gasteiger partial charge in [0.25, 0.3) is 0 Å². The van der Waals surface area contributed by atoms with Crippen LogP contribution in [0.15, 0.2) is 71.5 Å². The molecule has 1 aromatic heterocycles. The molecule has 0 radical (unpaired) electrons. The SMILES string of the molecule is O=c1[nH]c2ccc(NCc3ccc(OCc4ccccc4)c(Cl)c3)cc2[nH]1. The Balaban J connectivity index is 1.40. The van der Waals surface area contributed by atoms with Crippen LogP contribution >= 0.6 is 11.6 Å². The molecule has 6 heteroatoms. The second-order valence-electron chi connectivity index (χ2n) is 6.23. The zero-order valence-electron chi connectivity index (χ0n) is 14.5. The van der Waals surface area contributed by atoms with Crippen LogP contribution in [0.5, 0.6) is 5.75 Å². The van der Waals surface area contributed by atoms with Gasteiger partial charge in [-0.2, -0.15) is 0 Å². The fraction of sp³-hybridized carbons (Fsp3) is 0.0952. The molecule has 0 aliphatic carbocycles. The van der Waals surface area contributed by atoms with E-state index in [1.807, 2.05) is 66.7 Å². The highest BCUT2D eigenvalue weighted by molar-refractivity contribution is 6.32. The number of fused-ring (bicyclic) bond motifs is 1. The second kappa shape index (κ2) is 7.60. The third kappa shape index (κ3) is 4.15. The van der Waals surface area contributed by atoms with Crippen molar-refractivity contribution < 1.29 is 4.74 Å². The molecule has 0 amide bonds. The standard InChI is InChI=1S/C21H18ClN3O2/c22-17-10-15(6-9-20(17)27-13-14-4-2-1-3-5-14)12-23-16-7-8-18-19(11-16)25-21(26)24-18/h1-11,23H,12-13H2,(H2,24,25,26). The summed E-state index contributed by atoms with van der Waals surface area (Å²) >= 11 is 6.36. The molecule has 0 atom stereocenters. The molecular formula is C21H18ClN3O2. The number of hydrogen-bond donors (Lipinski definition) is 3. The Morgan fingerprint density at radius 1 is 0.889 bits per heavy atom. The minimum Gasteiger partial charge on any atom is -0.487 e. The van der Waals surface area contributed by atoms with Crippen molar-refractivity contribution in [3.8, 4) is 5.75 Å². The van der Waals surface area contributed by atoms with E-state index in [0.29, 0.717) is 23.9 Å². The average Bonchev–Trinajstić information content (AvgIpc) is 3.05. The van der Waals surface area contributed by atoms with Gasteiger partial charge >= 0.3 is 5.69 Å². The molecule has 4 aromatic rings. The summed E-state index contributed by atoms with van der Waals surface area (Å²) in [4.78, 5) is 16.8. The van der Waals surface area contributed by atoms with Crippen molar-refractivity contribution in [2.24, 2.45) is 0 Å². The molecule has 27 heavy (non-hydrogen) atoms. The molecule has 0 fully saturated rings. The highest BCUT2D eigenvalue weighted by Gasteiger charge is 2.05. The van der Waals surface area contributed by atoms with Crippen LogP contribution in [0.3, 0.4) is 0 Å². The Morgan fingerprint density at radius 2 is 1.70 bits per heavy atom. The number of benzene rings is 3. The number of aromatic amines is 2. The number of nitrogens with one attached hydrogen (secondary N) is 3. The zero-order chi connectivity index (χ0) is 18.6. The van der Waals surface area contributed by atoms with Crippen LogP contribution in [0.4, 0.5) is 5.69 Å². The fourth-order valence-corrected chi connectivity index (χ4v) is 3.11. The first kappa shape index (κ1) is 17.2. The average molecular weight is 380 g/mol. The quantitative estimate of drug-likeness (QED) is 0.454. The summed E-state index contributed by atoms with van der Waals surface area (Å²) in [5.41, 5.74) is 4.40. The van der Waals surface area contributed by atoms with E-state index in [2.05, 4.69) is 15.3 Å². The summed E-state index contributed by atoms with van der Waals surface area (Å²) in [6.45, 7) is 1.09. The molecule has 4 rings (SSSR count). The molecule has 0 saturated carbocycles. The van der Waals surface area contributed by atoms with Gasteiger partial charge in [-0.25, -0.2) is 4.79 Å². The molecule has 5 nitrogen and oxygen atoms in total. The molecule has 0 spiro atoms. The topological polar surface area (TPSA) is 69.9 Å². The van der Waals surface area contributed by atoms with Crippen molar-refractivity contribution in [1.82, 2.24) is 9.97 Å². The van der Waals surface area contributed by atoms with Crippen molar-refractivity contribution in [3.63, 3.8) is 0 Å². The van der Waals surface area contributed by atoms with Crippen LogP contribution in [0.2, 0.25) is 5.02 Å². The van der Waals surface area contributed by atoms with Gasteiger partial charge in [-0.05, 0) is 41.5 Å². The summed E-state index contributed by atoms with van der Waals surface area (Å²) in [7, 11) is 0. The molecular weight excluding hydrogens is 362 g/mol. The van der Waals surface area contributed by atoms with Crippen molar-refractivity contribution in [3.05, 3.63) is 93.4 Å². The lowest BCUT2D eigenvalue weighted by molar-refractivity contribution is 0.306. The first-order chi connectivity index (χ1) is 13.2. The van der Waals surface area contributed by atoms with Gasteiger partial charge in [0.15, 0.2) is 0 Å². The van der Waals surface area contributed by atoms with Gasteiger partial charge in [0.2, 0.25) is 0 Å². The van der Waals surface area contributed by atoms with E-state index in [-0.39, 0.29) is 5.69 Å². The highest BCUT2D eigenvalue weighted by Crippen LogP contribution is 2.27. The second-order valence-corrected chi connectivity index (χ2v) is 6.64. The molecule has 0 unspecified atom stereocenters. The van der Waals surface area contributed by atoms with Gasteiger partial charge in [-0.1, -0.05) is 48.0 Å². The van der Waals surface area contributed by atoms with Crippen LogP contribution in [0, 0.1) is 0 Å². The van der Waals surface area contributed by atoms with E-state index in [1.54, 1.807) is 0 Å². The number of H-pyrrole nitrogens is 2. The number of aromatic nitrogens is 2. The van der Waals surface area contributed by atoms with E-state index < -0.39 is 0 Å². The van der Waals surface area contributed by atoms with E-state index in [0.717, 1.165) is 27.8 Å². The number of imidazole rings is 1. The fourth-order valence-electron chi connectivity index (χ4n) is 2.85. The smallest absolute Gasteiger partial charge is 0.323 e. The van der Waals surface area contributed by atoms with Crippen LogP contribution in [-0.2, 0) is 13.2 Å². The molecule has 0 saturated heterocycles. The van der Waals surface area contributed by atoms with Gasteiger partial charge < -0.3 is 20.0 Å². The van der Waals surface area contributed by atoms with E-state index in [1.165, 1.54) is 0 Å². The Labute approximate surface area is 161 Å². The Kier molecular flexibility index (Phi) is 4.85. The number of ether oxygens (including phenoxy) is 1. The number of hydrogen-bond acceptors (Lipinski definition) is 3. The third-order valence-electron chi connectivity index (χ3n) is 4.25. The maximum atomic E-state index is 11.3. The molecule has 1 heterocycles. The lowest BCUT2D eigenvalue weighted by Crippen LogP contribution is -2.00. The van der Waals surface area contributed by atoms with Gasteiger partial charge in [0.05, 0.1) is 16.1 Å². The van der Waals surface area contributed by atoms with Crippen LogP contribution in [0.1, 0.15) is 11.1 Å². The molecule has 3 aromatic carbocycles. The minimum absolute atomic E-state index is 0.208. The van der Waals surface area contributed by atoms with Crippen molar-refractivity contribution in [1.29, 1.82) is 0 Å². The van der Waals surface area contributed by atoms with Crippen molar-refractivity contribution in [2.45, 2.75) is 13.2 Å². The first-order valence-electron chi connectivity index (χ1n) is 8.58. The summed E-state index contributed by atoms with van der Waals surface area (Å²) in [5, 5.41) is 3.91. The van der Waals surface area contributed by atoms with Crippen molar-refractivity contribution >= 4 is 28.3 Å². The van der Waals surface area contributed by atoms with Crippen LogP contribution in [0.25, 0.3) is 11.0 Å². The Bertz CT molecular complexity index is 1120. The molecule has 3 N–H and O–H groups in total. The maximum absolute atomic E-state index is 11.3. The minimum atomic E-state index is -0.208. The van der Waals surface area contributed by atoms with E-state index in [4.69, 9.17) is 16.3 Å². The maximum Gasteiger partial charge on any atom is 0.323 e. The lowest BCUT2D eigenvalue weighted by Gasteiger charge is -2.11. The molecule has 0 aliphatic heterocycles. The number of anilines is 1. The first-order valence-corrected chi connectivity index (χ1v) is 8.96. The summed E-state index contributed by atoms with van der Waals surface area (Å²) in [5.74, 6) is 0.663. The van der Waals surface area contributed by atoms with Crippen LogP contribution in [-0.4, -0.2) is 9.97 Å². The van der Waals surface area contributed by atoms with Gasteiger partial charge in [0, 0.05) is 12.2 Å². The zero-order valence-corrected chi connectivity index (χ0v) is 15.2. The third-order valence-corrected chi connectivity index (χ3v) is 4.54. The van der Waals surface area contributed by atoms with Crippen molar-refractivity contribution in [2.75, 3.05) is 5.32 Å². The lowest BCUT2D eigenvalue weighted by atomic mass is 10.2. The predicted octanol–water partition coefficient (Wildman–Crippen LogP) is 4.70. The Morgan fingerprint density at radius 3 is 2.52 bits per heavy atom. The number of halogens is 1.